The van der Waals surface area contributed by atoms with Gasteiger partial charge >= 0.3 is 0 Å². The standard InChI is InChI=1S/C15H26N2S/c1-12(2)17(10-14-4-7-16-8-5-14)11-15-13(3)6-9-18-15/h6,9,12,14,16H,4-5,7-8,10-11H2,1-3H3. The van der Waals surface area contributed by atoms with Crippen LogP contribution in [0.2, 0.25) is 0 Å². The van der Waals surface area contributed by atoms with Crippen LogP contribution in [0.1, 0.15) is 37.1 Å². The molecule has 0 spiro atoms. The highest BCUT2D eigenvalue weighted by Gasteiger charge is 2.19. The van der Waals surface area contributed by atoms with E-state index in [2.05, 4.69) is 42.4 Å². The first-order chi connectivity index (χ1) is 8.66. The summed E-state index contributed by atoms with van der Waals surface area (Å²) in [7, 11) is 0. The van der Waals surface area contributed by atoms with Crippen LogP contribution in [0, 0.1) is 12.8 Å². The summed E-state index contributed by atoms with van der Waals surface area (Å²) in [6.45, 7) is 11.7. The predicted molar refractivity (Wildman–Crippen MR) is 80.2 cm³/mol. The Bertz CT molecular complexity index is 353. The zero-order chi connectivity index (χ0) is 13.0. The molecular weight excluding hydrogens is 240 g/mol. The van der Waals surface area contributed by atoms with Crippen molar-refractivity contribution in [1.82, 2.24) is 10.2 Å². The van der Waals surface area contributed by atoms with Crippen molar-refractivity contribution in [2.75, 3.05) is 19.6 Å². The van der Waals surface area contributed by atoms with Gasteiger partial charge in [0.15, 0.2) is 0 Å². The summed E-state index contributed by atoms with van der Waals surface area (Å²) in [6.07, 6.45) is 2.68. The van der Waals surface area contributed by atoms with Crippen molar-refractivity contribution in [2.24, 2.45) is 5.92 Å². The summed E-state index contributed by atoms with van der Waals surface area (Å²) in [5.41, 5.74) is 1.45. The lowest BCUT2D eigenvalue weighted by Crippen LogP contribution is -2.39. The number of piperidine rings is 1. The van der Waals surface area contributed by atoms with Gasteiger partial charge in [-0.25, -0.2) is 0 Å². The fourth-order valence-electron chi connectivity index (χ4n) is 2.60. The Morgan fingerprint density at radius 3 is 2.67 bits per heavy atom. The molecule has 2 rings (SSSR count). The molecule has 0 unspecified atom stereocenters. The molecule has 1 aromatic heterocycles. The van der Waals surface area contributed by atoms with Crippen LogP contribution in [0.25, 0.3) is 0 Å². The minimum absolute atomic E-state index is 0.640. The number of hydrogen-bond acceptors (Lipinski definition) is 3. The molecule has 1 saturated heterocycles. The van der Waals surface area contributed by atoms with Gasteiger partial charge in [0, 0.05) is 24.0 Å². The number of nitrogens with zero attached hydrogens (tertiary/aromatic N) is 1. The SMILES string of the molecule is Cc1ccsc1CN(CC1CCNCC1)C(C)C. The van der Waals surface area contributed by atoms with Crippen LogP contribution in [-0.4, -0.2) is 30.6 Å². The Balaban J connectivity index is 1.93. The van der Waals surface area contributed by atoms with Crippen LogP contribution in [0.3, 0.4) is 0 Å². The Morgan fingerprint density at radius 2 is 2.11 bits per heavy atom. The van der Waals surface area contributed by atoms with Crippen molar-refractivity contribution in [2.45, 2.75) is 46.2 Å². The molecule has 1 aliphatic rings. The van der Waals surface area contributed by atoms with Gasteiger partial charge in [-0.15, -0.1) is 11.3 Å². The zero-order valence-electron chi connectivity index (χ0n) is 11.9. The monoisotopic (exact) mass is 266 g/mol. The summed E-state index contributed by atoms with van der Waals surface area (Å²) >= 11 is 1.90. The van der Waals surface area contributed by atoms with E-state index in [0.717, 1.165) is 12.5 Å². The van der Waals surface area contributed by atoms with E-state index < -0.39 is 0 Å². The molecule has 0 amide bonds. The number of thiophene rings is 1. The first kappa shape index (κ1) is 14.0. The summed E-state index contributed by atoms with van der Waals surface area (Å²) < 4.78 is 0. The molecule has 102 valence electrons. The van der Waals surface area contributed by atoms with Gasteiger partial charge in [0.05, 0.1) is 0 Å². The van der Waals surface area contributed by atoms with Crippen molar-refractivity contribution < 1.29 is 0 Å². The van der Waals surface area contributed by atoms with E-state index in [4.69, 9.17) is 0 Å². The van der Waals surface area contributed by atoms with Crippen LogP contribution in [-0.2, 0) is 6.54 Å². The molecule has 1 fully saturated rings. The normalized spacial score (nSPS) is 17.8. The lowest BCUT2D eigenvalue weighted by Gasteiger charge is -2.32. The fourth-order valence-corrected chi connectivity index (χ4v) is 3.54. The lowest BCUT2D eigenvalue weighted by atomic mass is 9.97. The van der Waals surface area contributed by atoms with E-state index in [1.807, 2.05) is 11.3 Å². The van der Waals surface area contributed by atoms with Crippen LogP contribution in [0.15, 0.2) is 11.4 Å². The third-order valence-electron chi connectivity index (χ3n) is 4.00. The smallest absolute Gasteiger partial charge is 0.0333 e. The third-order valence-corrected chi connectivity index (χ3v) is 5.00. The van der Waals surface area contributed by atoms with E-state index in [0.29, 0.717) is 6.04 Å². The van der Waals surface area contributed by atoms with E-state index in [-0.39, 0.29) is 0 Å². The number of hydrogen-bond donors (Lipinski definition) is 1. The molecule has 0 aliphatic carbocycles. The van der Waals surface area contributed by atoms with Crippen LogP contribution >= 0.6 is 11.3 Å². The van der Waals surface area contributed by atoms with Crippen LogP contribution < -0.4 is 5.32 Å². The molecule has 0 bridgehead atoms. The first-order valence-corrected chi connectivity index (χ1v) is 8.02. The summed E-state index contributed by atoms with van der Waals surface area (Å²) in [6, 6.07) is 2.88. The molecule has 1 aliphatic heterocycles. The maximum Gasteiger partial charge on any atom is 0.0333 e. The van der Waals surface area contributed by atoms with E-state index in [9.17, 15) is 0 Å². The Kier molecular flexibility index (Phi) is 5.22. The molecule has 2 nitrogen and oxygen atoms in total. The van der Waals surface area contributed by atoms with Crippen molar-refractivity contribution in [3.63, 3.8) is 0 Å². The highest BCUT2D eigenvalue weighted by Crippen LogP contribution is 2.22. The number of nitrogens with one attached hydrogen (secondary N) is 1. The maximum absolute atomic E-state index is 3.46. The van der Waals surface area contributed by atoms with Crippen LogP contribution in [0.5, 0.6) is 0 Å². The van der Waals surface area contributed by atoms with Crippen molar-refractivity contribution in [1.29, 1.82) is 0 Å². The maximum atomic E-state index is 3.46. The average molecular weight is 266 g/mol. The van der Waals surface area contributed by atoms with Gasteiger partial charge in [-0.05, 0) is 69.6 Å². The molecule has 0 aromatic carbocycles. The van der Waals surface area contributed by atoms with Gasteiger partial charge < -0.3 is 5.32 Å². The number of rotatable bonds is 5. The first-order valence-electron chi connectivity index (χ1n) is 7.14. The molecule has 0 radical (unpaired) electrons. The zero-order valence-corrected chi connectivity index (χ0v) is 12.7. The van der Waals surface area contributed by atoms with E-state index in [1.165, 1.54) is 42.9 Å². The van der Waals surface area contributed by atoms with Gasteiger partial charge in [-0.3, -0.25) is 4.90 Å². The van der Waals surface area contributed by atoms with Gasteiger partial charge in [0.25, 0.3) is 0 Å². The number of aryl methyl sites for hydroxylation is 1. The van der Waals surface area contributed by atoms with Crippen molar-refractivity contribution in [3.8, 4) is 0 Å². The highest BCUT2D eigenvalue weighted by molar-refractivity contribution is 7.10. The highest BCUT2D eigenvalue weighted by atomic mass is 32.1. The van der Waals surface area contributed by atoms with Gasteiger partial charge in [-0.2, -0.15) is 0 Å². The predicted octanol–water partition coefficient (Wildman–Crippen LogP) is 3.27. The van der Waals surface area contributed by atoms with E-state index in [1.54, 1.807) is 0 Å². The van der Waals surface area contributed by atoms with Gasteiger partial charge in [0.2, 0.25) is 0 Å². The second kappa shape index (κ2) is 6.69. The minimum Gasteiger partial charge on any atom is -0.317 e. The van der Waals surface area contributed by atoms with E-state index >= 15 is 0 Å². The quantitative estimate of drug-likeness (QED) is 0.880. The molecular formula is C15H26N2S. The largest absolute Gasteiger partial charge is 0.317 e. The minimum atomic E-state index is 0.640. The summed E-state index contributed by atoms with van der Waals surface area (Å²) in [5.74, 6) is 0.883. The average Bonchev–Trinajstić information content (AvgIpc) is 2.75. The molecule has 18 heavy (non-hydrogen) atoms. The fraction of sp³-hybridized carbons (Fsp3) is 0.733. The van der Waals surface area contributed by atoms with Crippen molar-refractivity contribution in [3.05, 3.63) is 21.9 Å². The third kappa shape index (κ3) is 3.81. The Labute approximate surface area is 115 Å². The lowest BCUT2D eigenvalue weighted by molar-refractivity contribution is 0.163. The molecule has 0 atom stereocenters. The Hall–Kier alpha value is -0.380. The second-order valence-electron chi connectivity index (χ2n) is 5.74. The van der Waals surface area contributed by atoms with Crippen molar-refractivity contribution >= 4 is 11.3 Å². The molecule has 2 heterocycles. The van der Waals surface area contributed by atoms with Gasteiger partial charge in [0.1, 0.15) is 0 Å². The molecule has 1 N–H and O–H groups in total. The summed E-state index contributed by atoms with van der Waals surface area (Å²) in [5, 5.41) is 5.67. The topological polar surface area (TPSA) is 15.3 Å². The van der Waals surface area contributed by atoms with Crippen LogP contribution in [0.4, 0.5) is 0 Å². The molecule has 0 saturated carbocycles. The molecule has 1 aromatic rings. The second-order valence-corrected chi connectivity index (χ2v) is 6.74. The van der Waals surface area contributed by atoms with Gasteiger partial charge in [-0.1, -0.05) is 0 Å². The Morgan fingerprint density at radius 1 is 1.39 bits per heavy atom. The molecule has 3 heteroatoms. The summed E-state index contributed by atoms with van der Waals surface area (Å²) in [4.78, 5) is 4.19.